The molecule has 1 fully saturated rings. The zero-order valence-corrected chi connectivity index (χ0v) is 11.8. The van der Waals surface area contributed by atoms with Gasteiger partial charge in [0.15, 0.2) is 0 Å². The Morgan fingerprint density at radius 3 is 2.24 bits per heavy atom. The SMILES string of the molecule is CCC(CC)NC(=O)C(C)NC1(C)CCCC1. The summed E-state index contributed by atoms with van der Waals surface area (Å²) in [4.78, 5) is 12.0. The van der Waals surface area contributed by atoms with Gasteiger partial charge >= 0.3 is 0 Å². The number of hydrogen-bond donors (Lipinski definition) is 2. The first-order valence-corrected chi connectivity index (χ1v) is 7.09. The summed E-state index contributed by atoms with van der Waals surface area (Å²) in [5.74, 6) is 0.145. The number of carbonyl (C=O) groups is 1. The maximum atomic E-state index is 12.0. The monoisotopic (exact) mass is 240 g/mol. The van der Waals surface area contributed by atoms with E-state index in [9.17, 15) is 4.79 Å². The maximum absolute atomic E-state index is 12.0. The lowest BCUT2D eigenvalue weighted by atomic mass is 9.99. The Morgan fingerprint density at radius 1 is 1.24 bits per heavy atom. The average Bonchev–Trinajstić information content (AvgIpc) is 2.72. The van der Waals surface area contributed by atoms with Crippen molar-refractivity contribution in [2.45, 2.75) is 83.8 Å². The molecule has 0 saturated heterocycles. The molecular weight excluding hydrogens is 212 g/mol. The minimum atomic E-state index is -0.0845. The Bertz CT molecular complexity index is 243. The first-order valence-electron chi connectivity index (χ1n) is 7.09. The molecule has 1 unspecified atom stereocenters. The minimum absolute atomic E-state index is 0.0845. The molecule has 1 aliphatic rings. The van der Waals surface area contributed by atoms with Crippen molar-refractivity contribution in [1.82, 2.24) is 10.6 Å². The highest BCUT2D eigenvalue weighted by Gasteiger charge is 2.31. The van der Waals surface area contributed by atoms with Crippen LogP contribution in [0.4, 0.5) is 0 Å². The Morgan fingerprint density at radius 2 is 1.76 bits per heavy atom. The quantitative estimate of drug-likeness (QED) is 0.749. The second-order valence-electron chi connectivity index (χ2n) is 5.66. The predicted molar refractivity (Wildman–Crippen MR) is 72.0 cm³/mol. The summed E-state index contributed by atoms with van der Waals surface area (Å²) in [5, 5.41) is 6.60. The van der Waals surface area contributed by atoms with Crippen LogP contribution in [0.5, 0.6) is 0 Å². The van der Waals surface area contributed by atoms with Crippen LogP contribution in [0.2, 0.25) is 0 Å². The third-order valence-electron chi connectivity index (χ3n) is 4.00. The Kier molecular flexibility index (Phi) is 5.44. The van der Waals surface area contributed by atoms with Gasteiger partial charge in [0, 0.05) is 11.6 Å². The number of hydrogen-bond acceptors (Lipinski definition) is 2. The molecule has 0 heterocycles. The summed E-state index contributed by atoms with van der Waals surface area (Å²) in [7, 11) is 0. The van der Waals surface area contributed by atoms with Gasteiger partial charge in [-0.15, -0.1) is 0 Å². The van der Waals surface area contributed by atoms with Crippen LogP contribution in [0.1, 0.15) is 66.2 Å². The van der Waals surface area contributed by atoms with Crippen molar-refractivity contribution in [3.63, 3.8) is 0 Å². The fourth-order valence-electron chi connectivity index (χ4n) is 2.71. The fraction of sp³-hybridized carbons (Fsp3) is 0.929. The Balaban J connectivity index is 2.41. The number of rotatable bonds is 6. The predicted octanol–water partition coefficient (Wildman–Crippen LogP) is 2.60. The summed E-state index contributed by atoms with van der Waals surface area (Å²) in [6.07, 6.45) is 6.96. The van der Waals surface area contributed by atoms with Gasteiger partial charge in [-0.25, -0.2) is 0 Å². The van der Waals surface area contributed by atoms with E-state index in [0.717, 1.165) is 12.8 Å². The second-order valence-corrected chi connectivity index (χ2v) is 5.66. The standard InChI is InChI=1S/C14H28N2O/c1-5-12(6-2)15-13(17)11(3)16-14(4)9-7-8-10-14/h11-12,16H,5-10H2,1-4H3,(H,15,17). The third-order valence-corrected chi connectivity index (χ3v) is 4.00. The summed E-state index contributed by atoms with van der Waals surface area (Å²) in [6.45, 7) is 8.44. The van der Waals surface area contributed by atoms with Gasteiger partial charge < -0.3 is 10.6 Å². The molecule has 0 aliphatic heterocycles. The maximum Gasteiger partial charge on any atom is 0.237 e. The summed E-state index contributed by atoms with van der Waals surface area (Å²) in [6, 6.07) is 0.238. The molecule has 2 N–H and O–H groups in total. The van der Waals surface area contributed by atoms with Crippen molar-refractivity contribution in [2.75, 3.05) is 0 Å². The summed E-state index contributed by atoms with van der Waals surface area (Å²) in [5.41, 5.74) is 0.171. The lowest BCUT2D eigenvalue weighted by Crippen LogP contribution is -2.53. The molecule has 17 heavy (non-hydrogen) atoms. The van der Waals surface area contributed by atoms with Gasteiger partial charge in [-0.3, -0.25) is 4.79 Å². The van der Waals surface area contributed by atoms with E-state index in [-0.39, 0.29) is 17.5 Å². The first-order chi connectivity index (χ1) is 8.00. The zero-order chi connectivity index (χ0) is 12.9. The van der Waals surface area contributed by atoms with Crippen molar-refractivity contribution in [1.29, 1.82) is 0 Å². The minimum Gasteiger partial charge on any atom is -0.352 e. The molecule has 0 aromatic heterocycles. The molecule has 1 atom stereocenters. The molecule has 1 aliphatic carbocycles. The average molecular weight is 240 g/mol. The number of amides is 1. The van der Waals surface area contributed by atoms with Crippen molar-refractivity contribution in [2.24, 2.45) is 0 Å². The zero-order valence-electron chi connectivity index (χ0n) is 11.8. The van der Waals surface area contributed by atoms with Gasteiger partial charge in [0.05, 0.1) is 6.04 Å². The summed E-state index contributed by atoms with van der Waals surface area (Å²) >= 11 is 0. The van der Waals surface area contributed by atoms with Crippen molar-refractivity contribution >= 4 is 5.91 Å². The van der Waals surface area contributed by atoms with E-state index < -0.39 is 0 Å². The largest absolute Gasteiger partial charge is 0.352 e. The molecule has 0 radical (unpaired) electrons. The molecule has 0 aromatic carbocycles. The van der Waals surface area contributed by atoms with E-state index in [1.165, 1.54) is 25.7 Å². The van der Waals surface area contributed by atoms with E-state index in [4.69, 9.17) is 0 Å². The highest BCUT2D eigenvalue weighted by Crippen LogP contribution is 2.29. The number of carbonyl (C=O) groups excluding carboxylic acids is 1. The van der Waals surface area contributed by atoms with Crippen molar-refractivity contribution < 1.29 is 4.79 Å². The van der Waals surface area contributed by atoms with Crippen molar-refractivity contribution in [3.8, 4) is 0 Å². The molecular formula is C14H28N2O. The highest BCUT2D eigenvalue weighted by atomic mass is 16.2. The molecule has 0 aromatic rings. The molecule has 1 saturated carbocycles. The van der Waals surface area contributed by atoms with E-state index in [0.29, 0.717) is 6.04 Å². The van der Waals surface area contributed by atoms with Crippen LogP contribution in [0, 0.1) is 0 Å². The van der Waals surface area contributed by atoms with Gasteiger partial charge in [-0.1, -0.05) is 26.7 Å². The van der Waals surface area contributed by atoms with Gasteiger partial charge in [-0.2, -0.15) is 0 Å². The topological polar surface area (TPSA) is 41.1 Å². The van der Waals surface area contributed by atoms with Crippen LogP contribution in [0.25, 0.3) is 0 Å². The first kappa shape index (κ1) is 14.5. The van der Waals surface area contributed by atoms with Crippen LogP contribution < -0.4 is 10.6 Å². The Hall–Kier alpha value is -0.570. The summed E-state index contributed by atoms with van der Waals surface area (Å²) < 4.78 is 0. The van der Waals surface area contributed by atoms with Gasteiger partial charge in [0.1, 0.15) is 0 Å². The van der Waals surface area contributed by atoms with E-state index in [1.807, 2.05) is 6.92 Å². The van der Waals surface area contributed by atoms with Crippen LogP contribution >= 0.6 is 0 Å². The van der Waals surface area contributed by atoms with Gasteiger partial charge in [0.2, 0.25) is 5.91 Å². The molecule has 0 bridgehead atoms. The van der Waals surface area contributed by atoms with Crippen LogP contribution in [-0.2, 0) is 4.79 Å². The van der Waals surface area contributed by atoms with E-state index in [1.54, 1.807) is 0 Å². The Labute approximate surface area is 106 Å². The molecule has 1 amide bonds. The fourth-order valence-corrected chi connectivity index (χ4v) is 2.71. The lowest BCUT2D eigenvalue weighted by molar-refractivity contribution is -0.124. The molecule has 3 heteroatoms. The van der Waals surface area contributed by atoms with Crippen molar-refractivity contribution in [3.05, 3.63) is 0 Å². The molecule has 100 valence electrons. The number of nitrogens with one attached hydrogen (secondary N) is 2. The van der Waals surface area contributed by atoms with Crippen LogP contribution in [0.3, 0.4) is 0 Å². The van der Waals surface area contributed by atoms with Gasteiger partial charge in [0.25, 0.3) is 0 Å². The van der Waals surface area contributed by atoms with Crippen LogP contribution in [-0.4, -0.2) is 23.5 Å². The van der Waals surface area contributed by atoms with Crippen LogP contribution in [0.15, 0.2) is 0 Å². The highest BCUT2D eigenvalue weighted by molar-refractivity contribution is 5.81. The lowest BCUT2D eigenvalue weighted by Gasteiger charge is -2.30. The molecule has 1 rings (SSSR count). The molecule has 0 spiro atoms. The van der Waals surface area contributed by atoms with E-state index >= 15 is 0 Å². The normalized spacial score (nSPS) is 20.5. The smallest absolute Gasteiger partial charge is 0.237 e. The van der Waals surface area contributed by atoms with E-state index in [2.05, 4.69) is 31.4 Å². The second kappa shape index (κ2) is 6.39. The molecule has 3 nitrogen and oxygen atoms in total. The van der Waals surface area contributed by atoms with Gasteiger partial charge in [-0.05, 0) is 39.5 Å². The third kappa shape index (κ3) is 4.30.